The molecule has 0 saturated carbocycles. The Bertz CT molecular complexity index is 1180. The summed E-state index contributed by atoms with van der Waals surface area (Å²) in [5.74, 6) is -0.680. The minimum absolute atomic E-state index is 0.0903. The SMILES string of the molecule is CCN(CCC(=O)Nc1ccc(C(N)=O)cc1)C(=O)COc1ccc(C(=O)c2ccccc2)cc1. The average molecular weight is 474 g/mol. The van der Waals surface area contributed by atoms with Crippen LogP contribution in [0.15, 0.2) is 78.9 Å². The number of nitrogens with two attached hydrogens (primary N) is 1. The lowest BCUT2D eigenvalue weighted by Crippen LogP contribution is -2.37. The molecule has 0 saturated heterocycles. The Morgan fingerprint density at radius 3 is 2.03 bits per heavy atom. The molecule has 8 nitrogen and oxygen atoms in total. The summed E-state index contributed by atoms with van der Waals surface area (Å²) < 4.78 is 5.58. The molecule has 0 atom stereocenters. The van der Waals surface area contributed by atoms with Crippen LogP contribution in [-0.4, -0.2) is 48.1 Å². The summed E-state index contributed by atoms with van der Waals surface area (Å²) in [6.45, 7) is 2.29. The highest BCUT2D eigenvalue weighted by molar-refractivity contribution is 6.09. The van der Waals surface area contributed by atoms with Crippen LogP contribution in [0.25, 0.3) is 0 Å². The average Bonchev–Trinajstić information content (AvgIpc) is 2.88. The fourth-order valence-electron chi connectivity index (χ4n) is 3.33. The summed E-state index contributed by atoms with van der Waals surface area (Å²) in [7, 11) is 0. The van der Waals surface area contributed by atoms with Crippen LogP contribution in [-0.2, 0) is 9.59 Å². The van der Waals surface area contributed by atoms with Crippen molar-refractivity contribution in [1.29, 1.82) is 0 Å². The smallest absolute Gasteiger partial charge is 0.260 e. The number of nitrogens with one attached hydrogen (secondary N) is 1. The molecule has 0 aliphatic rings. The summed E-state index contributed by atoms with van der Waals surface area (Å²) in [6, 6.07) is 21.8. The number of benzene rings is 3. The van der Waals surface area contributed by atoms with Gasteiger partial charge in [0.2, 0.25) is 11.8 Å². The fourth-order valence-corrected chi connectivity index (χ4v) is 3.33. The molecule has 0 fully saturated rings. The number of ether oxygens (including phenoxy) is 1. The van der Waals surface area contributed by atoms with E-state index in [4.69, 9.17) is 10.5 Å². The van der Waals surface area contributed by atoms with E-state index in [1.165, 1.54) is 17.0 Å². The number of ketones is 1. The van der Waals surface area contributed by atoms with Crippen LogP contribution >= 0.6 is 0 Å². The van der Waals surface area contributed by atoms with Gasteiger partial charge in [0.05, 0.1) is 0 Å². The van der Waals surface area contributed by atoms with Crippen molar-refractivity contribution in [3.05, 3.63) is 95.6 Å². The first-order chi connectivity index (χ1) is 16.9. The van der Waals surface area contributed by atoms with Gasteiger partial charge in [-0.25, -0.2) is 0 Å². The fraction of sp³-hybridized carbons (Fsp3) is 0.185. The Morgan fingerprint density at radius 2 is 1.43 bits per heavy atom. The maximum Gasteiger partial charge on any atom is 0.260 e. The van der Waals surface area contributed by atoms with Crippen LogP contribution in [0.1, 0.15) is 39.6 Å². The first-order valence-electron chi connectivity index (χ1n) is 11.2. The maximum absolute atomic E-state index is 12.6. The molecular formula is C27H27N3O5. The number of primary amides is 1. The topological polar surface area (TPSA) is 119 Å². The van der Waals surface area contributed by atoms with Gasteiger partial charge in [0.1, 0.15) is 5.75 Å². The second-order valence-corrected chi connectivity index (χ2v) is 7.72. The Labute approximate surface area is 203 Å². The Balaban J connectivity index is 1.46. The van der Waals surface area contributed by atoms with Crippen molar-refractivity contribution in [3.63, 3.8) is 0 Å². The van der Waals surface area contributed by atoms with E-state index in [0.717, 1.165) is 0 Å². The van der Waals surface area contributed by atoms with Crippen molar-refractivity contribution < 1.29 is 23.9 Å². The number of hydrogen-bond acceptors (Lipinski definition) is 5. The highest BCUT2D eigenvalue weighted by Crippen LogP contribution is 2.16. The number of hydrogen-bond donors (Lipinski definition) is 2. The third-order valence-corrected chi connectivity index (χ3v) is 5.31. The van der Waals surface area contributed by atoms with E-state index in [0.29, 0.717) is 34.7 Å². The van der Waals surface area contributed by atoms with E-state index in [-0.39, 0.29) is 37.2 Å². The zero-order valence-corrected chi connectivity index (χ0v) is 19.4. The molecule has 0 bridgehead atoms. The van der Waals surface area contributed by atoms with Crippen LogP contribution in [0.3, 0.4) is 0 Å². The number of amides is 3. The summed E-state index contributed by atoms with van der Waals surface area (Å²) >= 11 is 0. The number of likely N-dealkylation sites (N-methyl/N-ethyl adjacent to an activating group) is 1. The molecular weight excluding hydrogens is 446 g/mol. The Hall–Kier alpha value is -4.46. The van der Waals surface area contributed by atoms with Crippen LogP contribution in [0, 0.1) is 0 Å². The van der Waals surface area contributed by atoms with Gasteiger partial charge in [0, 0.05) is 41.9 Å². The summed E-state index contributed by atoms with van der Waals surface area (Å²) in [6.07, 6.45) is 0.105. The summed E-state index contributed by atoms with van der Waals surface area (Å²) in [5, 5.41) is 2.72. The predicted octanol–water partition coefficient (Wildman–Crippen LogP) is 3.27. The van der Waals surface area contributed by atoms with E-state index >= 15 is 0 Å². The quantitative estimate of drug-likeness (QED) is 0.414. The van der Waals surface area contributed by atoms with Crippen LogP contribution in [0.2, 0.25) is 0 Å². The van der Waals surface area contributed by atoms with Gasteiger partial charge in [-0.15, -0.1) is 0 Å². The third kappa shape index (κ3) is 7.26. The summed E-state index contributed by atoms with van der Waals surface area (Å²) in [5.41, 5.74) is 7.22. The molecule has 0 aromatic heterocycles. The van der Waals surface area contributed by atoms with Crippen molar-refractivity contribution in [2.75, 3.05) is 25.0 Å². The standard InChI is InChI=1S/C27H27N3O5/c1-2-30(17-16-24(31)29-22-12-8-21(9-13-22)27(28)34)25(32)18-35-23-14-10-20(11-15-23)26(33)19-6-4-3-5-7-19/h3-15H,2,16-18H2,1H3,(H2,28,34)(H,29,31). The van der Waals surface area contributed by atoms with Gasteiger partial charge in [0.25, 0.3) is 5.91 Å². The normalized spacial score (nSPS) is 10.3. The molecule has 0 spiro atoms. The zero-order chi connectivity index (χ0) is 25.2. The Kier molecular flexibility index (Phi) is 8.72. The van der Waals surface area contributed by atoms with Crippen molar-refractivity contribution >= 4 is 29.2 Å². The lowest BCUT2D eigenvalue weighted by molar-refractivity contribution is -0.133. The molecule has 180 valence electrons. The van der Waals surface area contributed by atoms with Gasteiger partial charge in [0.15, 0.2) is 12.4 Å². The van der Waals surface area contributed by atoms with Gasteiger partial charge in [-0.1, -0.05) is 30.3 Å². The van der Waals surface area contributed by atoms with Crippen molar-refractivity contribution in [3.8, 4) is 5.75 Å². The molecule has 8 heteroatoms. The molecule has 0 unspecified atom stereocenters. The second kappa shape index (κ2) is 12.1. The lowest BCUT2D eigenvalue weighted by Gasteiger charge is -2.21. The lowest BCUT2D eigenvalue weighted by atomic mass is 10.0. The minimum atomic E-state index is -0.543. The molecule has 3 N–H and O–H groups in total. The minimum Gasteiger partial charge on any atom is -0.484 e. The number of rotatable bonds is 11. The van der Waals surface area contributed by atoms with Crippen molar-refractivity contribution in [2.45, 2.75) is 13.3 Å². The van der Waals surface area contributed by atoms with Gasteiger partial charge in [-0.05, 0) is 55.5 Å². The molecule has 35 heavy (non-hydrogen) atoms. The van der Waals surface area contributed by atoms with Crippen LogP contribution in [0.4, 0.5) is 5.69 Å². The zero-order valence-electron chi connectivity index (χ0n) is 19.4. The van der Waals surface area contributed by atoms with Crippen molar-refractivity contribution in [2.24, 2.45) is 5.73 Å². The van der Waals surface area contributed by atoms with Crippen molar-refractivity contribution in [1.82, 2.24) is 4.90 Å². The summed E-state index contributed by atoms with van der Waals surface area (Å²) in [4.78, 5) is 49.9. The number of anilines is 1. The van der Waals surface area contributed by atoms with Crippen LogP contribution < -0.4 is 15.8 Å². The van der Waals surface area contributed by atoms with E-state index < -0.39 is 5.91 Å². The largest absolute Gasteiger partial charge is 0.484 e. The van der Waals surface area contributed by atoms with E-state index in [1.807, 2.05) is 25.1 Å². The Morgan fingerprint density at radius 1 is 0.829 bits per heavy atom. The van der Waals surface area contributed by atoms with Gasteiger partial charge >= 0.3 is 0 Å². The first-order valence-corrected chi connectivity index (χ1v) is 11.2. The molecule has 3 aromatic carbocycles. The molecule has 3 aromatic rings. The predicted molar refractivity (Wildman–Crippen MR) is 132 cm³/mol. The number of nitrogens with zero attached hydrogens (tertiary/aromatic N) is 1. The van der Waals surface area contributed by atoms with Gasteiger partial charge in [-0.3, -0.25) is 19.2 Å². The molecule has 3 rings (SSSR count). The molecule has 0 radical (unpaired) electrons. The molecule has 3 amide bonds. The first kappa shape index (κ1) is 25.2. The highest BCUT2D eigenvalue weighted by atomic mass is 16.5. The number of carbonyl (C=O) groups excluding carboxylic acids is 4. The maximum atomic E-state index is 12.6. The monoisotopic (exact) mass is 473 g/mol. The molecule has 0 heterocycles. The van der Waals surface area contributed by atoms with Gasteiger partial charge in [-0.2, -0.15) is 0 Å². The third-order valence-electron chi connectivity index (χ3n) is 5.31. The second-order valence-electron chi connectivity index (χ2n) is 7.72. The van der Waals surface area contributed by atoms with E-state index in [2.05, 4.69) is 5.32 Å². The highest BCUT2D eigenvalue weighted by Gasteiger charge is 2.15. The van der Waals surface area contributed by atoms with E-state index in [1.54, 1.807) is 48.5 Å². The van der Waals surface area contributed by atoms with Crippen LogP contribution in [0.5, 0.6) is 5.75 Å². The molecule has 0 aliphatic carbocycles. The molecule has 0 aliphatic heterocycles. The van der Waals surface area contributed by atoms with Gasteiger partial charge < -0.3 is 20.7 Å². The number of carbonyl (C=O) groups is 4. The van der Waals surface area contributed by atoms with E-state index in [9.17, 15) is 19.2 Å².